The fourth-order valence-electron chi connectivity index (χ4n) is 3.69. The number of hydrogen-bond acceptors (Lipinski definition) is 7. The quantitative estimate of drug-likeness (QED) is 0.528. The number of aromatic nitrogens is 2. The zero-order chi connectivity index (χ0) is 23.2. The lowest BCUT2D eigenvalue weighted by Crippen LogP contribution is -2.36. The largest absolute Gasteiger partial charge is 0.378 e. The van der Waals surface area contributed by atoms with Crippen LogP contribution in [0.5, 0.6) is 0 Å². The van der Waals surface area contributed by atoms with Crippen molar-refractivity contribution in [1.82, 2.24) is 9.97 Å². The third-order valence-corrected chi connectivity index (χ3v) is 7.83. The van der Waals surface area contributed by atoms with E-state index in [1.165, 1.54) is 24.3 Å². The molecule has 0 unspecified atom stereocenters. The molecule has 0 spiro atoms. The number of sulfonamides is 1. The number of rotatable bonds is 6. The first-order valence-electron chi connectivity index (χ1n) is 10.5. The van der Waals surface area contributed by atoms with Crippen LogP contribution in [0.15, 0.2) is 36.5 Å². The number of hydrogen-bond donors (Lipinski definition) is 1. The smallest absolute Gasteiger partial charge is 0.235 e. The number of carbonyl (C=O) groups is 1. The molecule has 1 N–H and O–H groups in total. The molecule has 2 fully saturated rings. The normalized spacial score (nSPS) is 16.7. The highest BCUT2D eigenvalue weighted by atomic mass is 35.5. The van der Waals surface area contributed by atoms with E-state index in [9.17, 15) is 13.2 Å². The number of morpholine rings is 1. The Morgan fingerprint density at radius 2 is 1.91 bits per heavy atom. The Hall–Kier alpha value is -2.82. The van der Waals surface area contributed by atoms with E-state index in [-0.39, 0.29) is 16.3 Å². The van der Waals surface area contributed by atoms with Crippen LogP contribution in [-0.4, -0.2) is 55.7 Å². The summed E-state index contributed by atoms with van der Waals surface area (Å²) in [5, 5.41) is -0.647. The predicted octanol–water partition coefficient (Wildman–Crippen LogP) is 3.39. The molecule has 0 radical (unpaired) electrons. The number of ketones is 1. The zero-order valence-corrected chi connectivity index (χ0v) is 19.0. The second-order valence-corrected chi connectivity index (χ2v) is 10.4. The first-order chi connectivity index (χ1) is 15.8. The summed E-state index contributed by atoms with van der Waals surface area (Å²) >= 11 is 6.15. The van der Waals surface area contributed by atoms with Crippen molar-refractivity contribution in [3.8, 4) is 0 Å². The van der Waals surface area contributed by atoms with Crippen LogP contribution in [0.1, 0.15) is 28.8 Å². The van der Waals surface area contributed by atoms with Crippen molar-refractivity contribution in [2.24, 2.45) is 0 Å². The molecule has 1 saturated carbocycles. The van der Waals surface area contributed by atoms with Gasteiger partial charge in [-0.25, -0.2) is 17.8 Å². The van der Waals surface area contributed by atoms with Gasteiger partial charge in [-0.05, 0) is 43.2 Å². The first-order valence-corrected chi connectivity index (χ1v) is 12.4. The predicted molar refractivity (Wildman–Crippen MR) is 123 cm³/mol. The Bertz CT molecular complexity index is 1360. The molecule has 172 valence electrons. The van der Waals surface area contributed by atoms with E-state index in [4.69, 9.17) is 16.3 Å². The monoisotopic (exact) mass is 490 g/mol. The maximum absolute atomic E-state index is 15.2. The Kier molecular flexibility index (Phi) is 5.67. The molecule has 1 saturated heterocycles. The van der Waals surface area contributed by atoms with Crippen molar-refractivity contribution >= 4 is 49.9 Å². The lowest BCUT2D eigenvalue weighted by Gasteiger charge is -2.27. The highest BCUT2D eigenvalue weighted by molar-refractivity contribution is 7.93. The molecule has 0 atom stereocenters. The number of carbonyl (C=O) groups excluding carboxylic acids is 1. The number of nitrogens with one attached hydrogen (secondary N) is 1. The van der Waals surface area contributed by atoms with E-state index in [0.717, 1.165) is 0 Å². The summed E-state index contributed by atoms with van der Waals surface area (Å²) < 4.78 is 47.3. The molecule has 1 aliphatic heterocycles. The van der Waals surface area contributed by atoms with Gasteiger partial charge in [-0.3, -0.25) is 14.5 Å². The van der Waals surface area contributed by atoms with E-state index in [1.54, 1.807) is 12.3 Å². The Balaban J connectivity index is 1.49. The van der Waals surface area contributed by atoms with E-state index < -0.39 is 32.4 Å². The average molecular weight is 491 g/mol. The van der Waals surface area contributed by atoms with Gasteiger partial charge in [0.25, 0.3) is 0 Å². The summed E-state index contributed by atoms with van der Waals surface area (Å²) in [4.78, 5) is 24.3. The van der Waals surface area contributed by atoms with Gasteiger partial charge in [-0.1, -0.05) is 11.6 Å². The van der Waals surface area contributed by atoms with Gasteiger partial charge in [0.15, 0.2) is 11.6 Å². The van der Waals surface area contributed by atoms with Crippen molar-refractivity contribution in [2.45, 2.75) is 18.1 Å². The van der Waals surface area contributed by atoms with Crippen LogP contribution in [-0.2, 0) is 14.8 Å². The SMILES string of the molecule is O=C(c1ccc2ncc(N3CCOCC3)nc2c1)c1c(Cl)ccc(NS(=O)(=O)C2CC2)c1F. The summed E-state index contributed by atoms with van der Waals surface area (Å²) in [6.07, 6.45) is 2.73. The summed E-state index contributed by atoms with van der Waals surface area (Å²) in [6, 6.07) is 7.20. The number of ether oxygens (including phenoxy) is 1. The third kappa shape index (κ3) is 4.38. The highest BCUT2D eigenvalue weighted by Gasteiger charge is 2.36. The lowest BCUT2D eigenvalue weighted by atomic mass is 10.0. The van der Waals surface area contributed by atoms with Crippen molar-refractivity contribution in [3.05, 3.63) is 58.5 Å². The van der Waals surface area contributed by atoms with Gasteiger partial charge in [0.05, 0.1) is 52.0 Å². The van der Waals surface area contributed by atoms with E-state index in [1.807, 2.05) is 4.90 Å². The highest BCUT2D eigenvalue weighted by Crippen LogP contribution is 2.33. The number of halogens is 2. The van der Waals surface area contributed by atoms with E-state index in [2.05, 4.69) is 14.7 Å². The number of anilines is 2. The maximum Gasteiger partial charge on any atom is 0.235 e. The number of nitrogens with zero attached hydrogens (tertiary/aromatic N) is 3. The fourth-order valence-corrected chi connectivity index (χ4v) is 5.31. The molecule has 1 aliphatic carbocycles. The molecular formula is C22H20ClFN4O4S. The van der Waals surface area contributed by atoms with Crippen molar-refractivity contribution < 1.29 is 22.3 Å². The summed E-state index contributed by atoms with van der Waals surface area (Å²) in [5.74, 6) is -1.02. The first kappa shape index (κ1) is 22.0. The molecule has 5 rings (SSSR count). The summed E-state index contributed by atoms with van der Waals surface area (Å²) in [7, 11) is -3.70. The van der Waals surface area contributed by atoms with Crippen LogP contribution in [0.3, 0.4) is 0 Å². The van der Waals surface area contributed by atoms with Gasteiger partial charge in [0.1, 0.15) is 5.82 Å². The lowest BCUT2D eigenvalue weighted by molar-refractivity contribution is 0.103. The maximum atomic E-state index is 15.2. The molecule has 2 heterocycles. The van der Waals surface area contributed by atoms with Crippen LogP contribution >= 0.6 is 11.6 Å². The Labute approximate surface area is 194 Å². The van der Waals surface area contributed by atoms with Crippen molar-refractivity contribution in [2.75, 3.05) is 35.9 Å². The second-order valence-electron chi connectivity index (χ2n) is 7.99. The van der Waals surface area contributed by atoms with Gasteiger partial charge in [-0.15, -0.1) is 0 Å². The average Bonchev–Trinajstić information content (AvgIpc) is 3.67. The molecule has 3 aromatic rings. The van der Waals surface area contributed by atoms with Gasteiger partial charge < -0.3 is 9.64 Å². The number of benzene rings is 2. The summed E-state index contributed by atoms with van der Waals surface area (Å²) in [6.45, 7) is 2.56. The van der Waals surface area contributed by atoms with Crippen LogP contribution in [0, 0.1) is 5.82 Å². The molecule has 0 bridgehead atoms. The molecular weight excluding hydrogens is 471 g/mol. The summed E-state index contributed by atoms with van der Waals surface area (Å²) in [5.41, 5.74) is 0.529. The van der Waals surface area contributed by atoms with Crippen LogP contribution in [0.4, 0.5) is 15.9 Å². The topological polar surface area (TPSA) is 101 Å². The van der Waals surface area contributed by atoms with Crippen molar-refractivity contribution in [1.29, 1.82) is 0 Å². The van der Waals surface area contributed by atoms with Crippen LogP contribution in [0.2, 0.25) is 5.02 Å². The van der Waals surface area contributed by atoms with Gasteiger partial charge in [-0.2, -0.15) is 0 Å². The standard InChI is InChI=1S/C22H20ClFN4O4S/c23-15-4-6-17(27-33(30,31)14-2-3-14)21(24)20(15)22(29)13-1-5-16-18(11-13)26-19(12-25-16)28-7-9-32-10-8-28/h1,4-6,11-12,14,27H,2-3,7-10H2. The molecule has 2 aliphatic rings. The van der Waals surface area contributed by atoms with Crippen LogP contribution < -0.4 is 9.62 Å². The molecule has 2 aromatic carbocycles. The number of fused-ring (bicyclic) bond motifs is 1. The van der Waals surface area contributed by atoms with Crippen molar-refractivity contribution in [3.63, 3.8) is 0 Å². The minimum atomic E-state index is -3.70. The van der Waals surface area contributed by atoms with E-state index >= 15 is 4.39 Å². The van der Waals surface area contributed by atoms with Gasteiger partial charge >= 0.3 is 0 Å². The molecule has 0 amide bonds. The Morgan fingerprint density at radius 3 is 2.64 bits per heavy atom. The molecule has 11 heteroatoms. The Morgan fingerprint density at radius 1 is 1.15 bits per heavy atom. The minimum Gasteiger partial charge on any atom is -0.378 e. The second kappa shape index (κ2) is 8.51. The van der Waals surface area contributed by atoms with Gasteiger partial charge in [0, 0.05) is 18.7 Å². The molecule has 8 nitrogen and oxygen atoms in total. The molecule has 1 aromatic heterocycles. The third-order valence-electron chi connectivity index (χ3n) is 5.66. The van der Waals surface area contributed by atoms with E-state index in [0.29, 0.717) is 56.0 Å². The zero-order valence-electron chi connectivity index (χ0n) is 17.4. The fraction of sp³-hybridized carbons (Fsp3) is 0.318. The minimum absolute atomic E-state index is 0.111. The van der Waals surface area contributed by atoms with Gasteiger partial charge in [0.2, 0.25) is 10.0 Å². The molecule has 33 heavy (non-hydrogen) atoms. The van der Waals surface area contributed by atoms with Crippen LogP contribution in [0.25, 0.3) is 11.0 Å².